The number of carbonyl (C=O) groups excluding carboxylic acids is 1. The van der Waals surface area contributed by atoms with Crippen molar-refractivity contribution in [3.63, 3.8) is 0 Å². The van der Waals surface area contributed by atoms with Crippen molar-refractivity contribution >= 4 is 15.8 Å². The third-order valence-electron chi connectivity index (χ3n) is 1.97. The predicted octanol–water partition coefficient (Wildman–Crippen LogP) is 1.43. The van der Waals surface area contributed by atoms with E-state index in [1.165, 1.54) is 37.5 Å². The smallest absolute Gasteiger partial charge is 0.337 e. The summed E-state index contributed by atoms with van der Waals surface area (Å²) >= 11 is 0. The van der Waals surface area contributed by atoms with Gasteiger partial charge in [0.2, 0.25) is 0 Å². The number of ether oxygens (including phenoxy) is 1. The summed E-state index contributed by atoms with van der Waals surface area (Å²) in [6.07, 6.45) is 1.32. The second kappa shape index (κ2) is 4.94. The van der Waals surface area contributed by atoms with Crippen molar-refractivity contribution in [2.45, 2.75) is 4.90 Å². The van der Waals surface area contributed by atoms with Crippen molar-refractivity contribution in [1.82, 2.24) is 0 Å². The molecule has 0 aliphatic heterocycles. The topological polar surface area (TPSA) is 60.4 Å². The minimum atomic E-state index is -3.33. The highest BCUT2D eigenvalue weighted by Crippen LogP contribution is 2.13. The van der Waals surface area contributed by atoms with E-state index in [2.05, 4.69) is 11.3 Å². The minimum absolute atomic E-state index is 0.120. The molecule has 0 aliphatic carbocycles. The van der Waals surface area contributed by atoms with E-state index in [1.54, 1.807) is 0 Å². The van der Waals surface area contributed by atoms with Gasteiger partial charge in [-0.2, -0.15) is 0 Å². The molecule has 0 N–H and O–H groups in total. The van der Waals surface area contributed by atoms with Gasteiger partial charge >= 0.3 is 5.97 Å². The van der Waals surface area contributed by atoms with Gasteiger partial charge in [0.15, 0.2) is 9.84 Å². The Labute approximate surface area is 94.5 Å². The Balaban J connectivity index is 3.04. The molecule has 0 heterocycles. The molecule has 0 saturated carbocycles. The zero-order chi connectivity index (χ0) is 12.2. The fourth-order valence-electron chi connectivity index (χ4n) is 1.17. The summed E-state index contributed by atoms with van der Waals surface area (Å²) in [5.74, 6) is -0.613. The lowest BCUT2D eigenvalue weighted by molar-refractivity contribution is 0.0600. The van der Waals surface area contributed by atoms with Crippen LogP contribution in [0.3, 0.4) is 0 Å². The van der Waals surface area contributed by atoms with Crippen LogP contribution in [0.4, 0.5) is 0 Å². The summed E-state index contributed by atoms with van der Waals surface area (Å²) in [7, 11) is -2.06. The van der Waals surface area contributed by atoms with Crippen LogP contribution in [-0.2, 0) is 14.6 Å². The van der Waals surface area contributed by atoms with E-state index in [-0.39, 0.29) is 10.6 Å². The average molecular weight is 240 g/mol. The highest BCUT2D eigenvalue weighted by Gasteiger charge is 2.13. The van der Waals surface area contributed by atoms with Gasteiger partial charge in [0.25, 0.3) is 0 Å². The summed E-state index contributed by atoms with van der Waals surface area (Å²) in [5, 5.41) is 0. The number of rotatable bonds is 4. The van der Waals surface area contributed by atoms with Gasteiger partial charge in [0.1, 0.15) is 0 Å². The van der Waals surface area contributed by atoms with Crippen molar-refractivity contribution in [3.8, 4) is 0 Å². The van der Waals surface area contributed by atoms with E-state index in [4.69, 9.17) is 0 Å². The maximum Gasteiger partial charge on any atom is 0.337 e. The van der Waals surface area contributed by atoms with Gasteiger partial charge in [-0.25, -0.2) is 13.2 Å². The standard InChI is InChI=1S/C11H12O4S/c1-3-8-16(13,14)10-6-4-9(5-7-10)11(12)15-2/h3-7H,1,8H2,2H3. The zero-order valence-electron chi connectivity index (χ0n) is 8.84. The second-order valence-electron chi connectivity index (χ2n) is 3.09. The molecule has 0 aliphatic rings. The Kier molecular flexibility index (Phi) is 3.84. The Morgan fingerprint density at radius 2 is 1.94 bits per heavy atom. The van der Waals surface area contributed by atoms with E-state index in [9.17, 15) is 13.2 Å². The molecule has 86 valence electrons. The lowest BCUT2D eigenvalue weighted by Crippen LogP contribution is -2.06. The molecule has 0 atom stereocenters. The lowest BCUT2D eigenvalue weighted by Gasteiger charge is -2.02. The van der Waals surface area contributed by atoms with Crippen LogP contribution in [0, 0.1) is 0 Å². The maximum absolute atomic E-state index is 11.6. The van der Waals surface area contributed by atoms with Crippen LogP contribution in [0.2, 0.25) is 0 Å². The molecule has 0 fully saturated rings. The van der Waals surface area contributed by atoms with Crippen LogP contribution in [0.1, 0.15) is 10.4 Å². The quantitative estimate of drug-likeness (QED) is 0.590. The Hall–Kier alpha value is -1.62. The summed E-state index contributed by atoms with van der Waals surface area (Å²) in [6.45, 7) is 3.38. The fourth-order valence-corrected chi connectivity index (χ4v) is 2.22. The van der Waals surface area contributed by atoms with Crippen LogP contribution in [-0.4, -0.2) is 27.2 Å². The highest BCUT2D eigenvalue weighted by molar-refractivity contribution is 7.91. The van der Waals surface area contributed by atoms with Crippen LogP contribution in [0.25, 0.3) is 0 Å². The van der Waals surface area contributed by atoms with E-state index < -0.39 is 15.8 Å². The number of hydrogen-bond acceptors (Lipinski definition) is 4. The maximum atomic E-state index is 11.6. The van der Waals surface area contributed by atoms with Gasteiger partial charge in [0, 0.05) is 0 Å². The van der Waals surface area contributed by atoms with Crippen LogP contribution in [0.5, 0.6) is 0 Å². The number of carbonyl (C=O) groups is 1. The monoisotopic (exact) mass is 240 g/mol. The van der Waals surface area contributed by atoms with Gasteiger partial charge in [-0.15, -0.1) is 6.58 Å². The normalized spacial score (nSPS) is 10.8. The zero-order valence-corrected chi connectivity index (χ0v) is 9.66. The van der Waals surface area contributed by atoms with Gasteiger partial charge in [0.05, 0.1) is 23.3 Å². The van der Waals surface area contributed by atoms with Crippen LogP contribution >= 0.6 is 0 Å². The molecule has 1 aromatic carbocycles. The molecule has 5 heteroatoms. The Morgan fingerprint density at radius 1 is 1.38 bits per heavy atom. The third kappa shape index (κ3) is 2.70. The molecule has 0 radical (unpaired) electrons. The molecule has 0 aromatic heterocycles. The van der Waals surface area contributed by atoms with Crippen molar-refractivity contribution in [1.29, 1.82) is 0 Å². The van der Waals surface area contributed by atoms with Crippen molar-refractivity contribution < 1.29 is 17.9 Å². The largest absolute Gasteiger partial charge is 0.465 e. The van der Waals surface area contributed by atoms with Gasteiger partial charge in [-0.05, 0) is 24.3 Å². The average Bonchev–Trinajstić information content (AvgIpc) is 2.28. The Morgan fingerprint density at radius 3 is 2.38 bits per heavy atom. The minimum Gasteiger partial charge on any atom is -0.465 e. The van der Waals surface area contributed by atoms with Gasteiger partial charge in [-0.3, -0.25) is 0 Å². The first-order valence-electron chi connectivity index (χ1n) is 4.53. The van der Waals surface area contributed by atoms with Crippen molar-refractivity contribution in [2.75, 3.05) is 12.9 Å². The molecule has 4 nitrogen and oxygen atoms in total. The highest BCUT2D eigenvalue weighted by atomic mass is 32.2. The van der Waals surface area contributed by atoms with Crippen molar-refractivity contribution in [2.24, 2.45) is 0 Å². The number of hydrogen-bond donors (Lipinski definition) is 0. The first kappa shape index (κ1) is 12.4. The van der Waals surface area contributed by atoms with E-state index in [0.717, 1.165) is 0 Å². The first-order chi connectivity index (χ1) is 7.51. The molecule has 16 heavy (non-hydrogen) atoms. The number of esters is 1. The summed E-state index contributed by atoms with van der Waals surface area (Å²) in [6, 6.07) is 5.60. The molecule has 0 saturated heterocycles. The van der Waals surface area contributed by atoms with E-state index in [1.807, 2.05) is 0 Å². The van der Waals surface area contributed by atoms with Crippen LogP contribution < -0.4 is 0 Å². The predicted molar refractivity (Wildman–Crippen MR) is 60.0 cm³/mol. The van der Waals surface area contributed by atoms with Crippen LogP contribution in [0.15, 0.2) is 41.8 Å². The summed E-state index contributed by atoms with van der Waals surface area (Å²) < 4.78 is 27.7. The number of benzene rings is 1. The Bertz CT molecular complexity index is 485. The van der Waals surface area contributed by atoms with Crippen molar-refractivity contribution in [3.05, 3.63) is 42.5 Å². The molecule has 1 aromatic rings. The molecule has 0 bridgehead atoms. The molecular formula is C11H12O4S. The number of sulfone groups is 1. The number of methoxy groups -OCH3 is 1. The molecule has 0 spiro atoms. The van der Waals surface area contributed by atoms with E-state index >= 15 is 0 Å². The summed E-state index contributed by atoms with van der Waals surface area (Å²) in [4.78, 5) is 11.3. The van der Waals surface area contributed by atoms with E-state index in [0.29, 0.717) is 5.56 Å². The second-order valence-corrected chi connectivity index (χ2v) is 5.12. The summed E-state index contributed by atoms with van der Waals surface area (Å²) in [5.41, 5.74) is 0.319. The fraction of sp³-hybridized carbons (Fsp3) is 0.182. The molecular weight excluding hydrogens is 228 g/mol. The van der Waals surface area contributed by atoms with Gasteiger partial charge < -0.3 is 4.74 Å². The molecule has 0 amide bonds. The lowest BCUT2D eigenvalue weighted by atomic mass is 10.2. The van der Waals surface area contributed by atoms with Gasteiger partial charge in [-0.1, -0.05) is 6.08 Å². The molecule has 1 rings (SSSR count). The molecule has 0 unspecified atom stereocenters. The SMILES string of the molecule is C=CCS(=O)(=O)c1ccc(C(=O)OC)cc1. The third-order valence-corrected chi connectivity index (χ3v) is 3.64. The first-order valence-corrected chi connectivity index (χ1v) is 6.18.